The third-order valence-corrected chi connectivity index (χ3v) is 2.69. The molecule has 1 amide bonds. The first-order valence-corrected chi connectivity index (χ1v) is 6.06. The maximum atomic E-state index is 11.6. The second-order valence-corrected chi connectivity index (χ2v) is 4.18. The smallest absolute Gasteiger partial charge is 0.354 e. The number of aryl methyl sites for hydroxylation is 1. The van der Waals surface area contributed by atoms with E-state index < -0.39 is 5.97 Å². The first-order valence-electron chi connectivity index (χ1n) is 6.06. The lowest BCUT2D eigenvalue weighted by Crippen LogP contribution is -2.23. The van der Waals surface area contributed by atoms with Crippen LogP contribution in [0.3, 0.4) is 0 Å². The van der Waals surface area contributed by atoms with Crippen molar-refractivity contribution in [1.29, 1.82) is 0 Å². The van der Waals surface area contributed by atoms with Crippen LogP contribution in [-0.2, 0) is 17.9 Å². The van der Waals surface area contributed by atoms with Crippen molar-refractivity contribution in [3.05, 3.63) is 48.3 Å². The van der Waals surface area contributed by atoms with Crippen molar-refractivity contribution in [2.24, 2.45) is 0 Å². The lowest BCUT2D eigenvalue weighted by Gasteiger charge is -2.06. The first-order chi connectivity index (χ1) is 9.65. The maximum Gasteiger partial charge on any atom is 0.354 e. The topological polar surface area (TPSA) is 97.1 Å². The molecule has 0 unspecified atom stereocenters. The number of aromatic nitrogens is 3. The molecule has 0 fully saturated rings. The number of rotatable bonds is 6. The fourth-order valence-electron chi connectivity index (χ4n) is 1.59. The molecule has 0 saturated carbocycles. The molecule has 2 aromatic rings. The molecule has 0 radical (unpaired) electrons. The van der Waals surface area contributed by atoms with Gasteiger partial charge >= 0.3 is 5.97 Å². The molecule has 0 bridgehead atoms. The number of aromatic carboxylic acids is 1. The number of carboxylic acid groups (broad SMARTS) is 1. The molecular formula is C13H14N4O3. The highest BCUT2D eigenvalue weighted by molar-refractivity contribution is 5.85. The molecule has 20 heavy (non-hydrogen) atoms. The van der Waals surface area contributed by atoms with Crippen LogP contribution in [0.15, 0.2) is 37.1 Å². The van der Waals surface area contributed by atoms with Crippen molar-refractivity contribution >= 4 is 11.9 Å². The van der Waals surface area contributed by atoms with Crippen molar-refractivity contribution in [2.75, 3.05) is 0 Å². The molecule has 0 aliphatic carbocycles. The Hall–Kier alpha value is -2.70. The fourth-order valence-corrected chi connectivity index (χ4v) is 1.59. The number of amides is 1. The first kappa shape index (κ1) is 13.7. The maximum absolute atomic E-state index is 11.6. The molecular weight excluding hydrogens is 260 g/mol. The Morgan fingerprint density at radius 1 is 1.35 bits per heavy atom. The Bertz CT molecular complexity index is 578. The van der Waals surface area contributed by atoms with Gasteiger partial charge in [0.05, 0.1) is 6.33 Å². The Balaban J connectivity index is 1.76. The zero-order valence-electron chi connectivity index (χ0n) is 10.7. The molecule has 2 N–H and O–H groups in total. The van der Waals surface area contributed by atoms with E-state index in [1.807, 2.05) is 4.57 Å². The van der Waals surface area contributed by atoms with E-state index in [1.54, 1.807) is 24.8 Å². The fraction of sp³-hybridized carbons (Fsp3) is 0.231. The Labute approximate surface area is 115 Å². The molecule has 0 saturated heterocycles. The normalized spacial score (nSPS) is 10.2. The minimum atomic E-state index is -1.07. The minimum Gasteiger partial charge on any atom is -0.477 e. The number of pyridine rings is 1. The van der Waals surface area contributed by atoms with Crippen LogP contribution in [0.4, 0.5) is 0 Å². The molecule has 7 nitrogen and oxygen atoms in total. The molecule has 2 aromatic heterocycles. The number of nitrogens with zero attached hydrogens (tertiary/aromatic N) is 3. The van der Waals surface area contributed by atoms with Gasteiger partial charge in [-0.3, -0.25) is 4.79 Å². The van der Waals surface area contributed by atoms with Gasteiger partial charge in [-0.05, 0) is 11.6 Å². The molecule has 0 aromatic carbocycles. The number of nitrogens with one attached hydrogen (secondary N) is 1. The molecule has 0 aliphatic rings. The van der Waals surface area contributed by atoms with Crippen molar-refractivity contribution in [2.45, 2.75) is 19.5 Å². The van der Waals surface area contributed by atoms with E-state index >= 15 is 0 Å². The minimum absolute atomic E-state index is 0.0137. The summed E-state index contributed by atoms with van der Waals surface area (Å²) in [7, 11) is 0. The van der Waals surface area contributed by atoms with Crippen LogP contribution >= 0.6 is 0 Å². The van der Waals surface area contributed by atoms with E-state index in [-0.39, 0.29) is 11.6 Å². The summed E-state index contributed by atoms with van der Waals surface area (Å²) in [6.07, 6.45) is 6.91. The number of carbonyl (C=O) groups is 2. The van der Waals surface area contributed by atoms with Crippen LogP contribution in [0.5, 0.6) is 0 Å². The molecule has 2 heterocycles. The van der Waals surface area contributed by atoms with Gasteiger partial charge in [0, 0.05) is 38.1 Å². The van der Waals surface area contributed by atoms with Crippen LogP contribution in [-0.4, -0.2) is 31.5 Å². The van der Waals surface area contributed by atoms with Crippen LogP contribution in [0.2, 0.25) is 0 Å². The van der Waals surface area contributed by atoms with Crippen LogP contribution in [0.25, 0.3) is 0 Å². The van der Waals surface area contributed by atoms with E-state index in [0.717, 1.165) is 5.56 Å². The van der Waals surface area contributed by atoms with Gasteiger partial charge in [0.15, 0.2) is 0 Å². The average molecular weight is 274 g/mol. The number of hydrogen-bond acceptors (Lipinski definition) is 4. The summed E-state index contributed by atoms with van der Waals surface area (Å²) in [6.45, 7) is 0.900. The Kier molecular flexibility index (Phi) is 4.43. The van der Waals surface area contributed by atoms with Crippen LogP contribution in [0, 0.1) is 0 Å². The summed E-state index contributed by atoms with van der Waals surface area (Å²) in [5, 5.41) is 11.5. The third kappa shape index (κ3) is 3.91. The van der Waals surface area contributed by atoms with Crippen molar-refractivity contribution in [3.63, 3.8) is 0 Å². The molecule has 7 heteroatoms. The number of carboxylic acids is 1. The highest BCUT2D eigenvalue weighted by atomic mass is 16.4. The highest BCUT2D eigenvalue weighted by Gasteiger charge is 2.05. The van der Waals surface area contributed by atoms with Gasteiger partial charge in [-0.1, -0.05) is 6.07 Å². The molecule has 104 valence electrons. The van der Waals surface area contributed by atoms with Gasteiger partial charge in [-0.25, -0.2) is 14.8 Å². The summed E-state index contributed by atoms with van der Waals surface area (Å²) in [6, 6.07) is 3.04. The van der Waals surface area contributed by atoms with Crippen molar-refractivity contribution in [3.8, 4) is 0 Å². The Morgan fingerprint density at radius 3 is 2.80 bits per heavy atom. The van der Waals surface area contributed by atoms with E-state index in [9.17, 15) is 9.59 Å². The van der Waals surface area contributed by atoms with E-state index in [2.05, 4.69) is 15.3 Å². The summed E-state index contributed by atoms with van der Waals surface area (Å²) in [5.74, 6) is -1.15. The lowest BCUT2D eigenvalue weighted by molar-refractivity contribution is -0.121. The molecule has 0 atom stereocenters. The molecule has 0 spiro atoms. The number of carbonyl (C=O) groups excluding carboxylic acids is 1. The van der Waals surface area contributed by atoms with E-state index in [0.29, 0.717) is 19.5 Å². The Morgan fingerprint density at radius 2 is 2.20 bits per heavy atom. The van der Waals surface area contributed by atoms with E-state index in [1.165, 1.54) is 12.3 Å². The predicted octanol–water partition coefficient (Wildman–Crippen LogP) is 0.683. The highest BCUT2D eigenvalue weighted by Crippen LogP contribution is 2.00. The second kappa shape index (κ2) is 6.46. The molecule has 0 aliphatic heterocycles. The standard InChI is InChI=1S/C13H14N4O3/c18-12(3-5-17-6-4-14-9-17)16-8-10-1-2-11(13(19)20)15-7-10/h1-2,4,6-7,9H,3,5,8H2,(H,16,18)(H,19,20). The van der Waals surface area contributed by atoms with Crippen molar-refractivity contribution in [1.82, 2.24) is 19.9 Å². The van der Waals surface area contributed by atoms with Gasteiger partial charge in [0.2, 0.25) is 5.91 Å². The van der Waals surface area contributed by atoms with Gasteiger partial charge in [-0.15, -0.1) is 0 Å². The summed E-state index contributed by atoms with van der Waals surface area (Å²) >= 11 is 0. The lowest BCUT2D eigenvalue weighted by atomic mass is 10.2. The predicted molar refractivity (Wildman–Crippen MR) is 69.9 cm³/mol. The largest absolute Gasteiger partial charge is 0.477 e. The van der Waals surface area contributed by atoms with Crippen LogP contribution < -0.4 is 5.32 Å². The SMILES string of the molecule is O=C(CCn1ccnc1)NCc1ccc(C(=O)O)nc1. The number of hydrogen-bond donors (Lipinski definition) is 2. The van der Waals surface area contributed by atoms with Gasteiger partial charge < -0.3 is 15.0 Å². The van der Waals surface area contributed by atoms with Crippen molar-refractivity contribution < 1.29 is 14.7 Å². The monoisotopic (exact) mass is 274 g/mol. The zero-order chi connectivity index (χ0) is 14.4. The van der Waals surface area contributed by atoms with E-state index in [4.69, 9.17) is 5.11 Å². The summed E-state index contributed by atoms with van der Waals surface area (Å²) < 4.78 is 1.82. The summed E-state index contributed by atoms with van der Waals surface area (Å²) in [5.41, 5.74) is 0.742. The average Bonchev–Trinajstić information content (AvgIpc) is 2.96. The zero-order valence-corrected chi connectivity index (χ0v) is 10.7. The third-order valence-electron chi connectivity index (χ3n) is 2.69. The molecule has 2 rings (SSSR count). The number of imidazole rings is 1. The van der Waals surface area contributed by atoms with Crippen LogP contribution in [0.1, 0.15) is 22.5 Å². The van der Waals surface area contributed by atoms with Gasteiger partial charge in [0.1, 0.15) is 5.69 Å². The summed E-state index contributed by atoms with van der Waals surface area (Å²) in [4.78, 5) is 29.9. The quantitative estimate of drug-likeness (QED) is 0.807. The second-order valence-electron chi connectivity index (χ2n) is 4.18. The van der Waals surface area contributed by atoms with Gasteiger partial charge in [-0.2, -0.15) is 0 Å². The van der Waals surface area contributed by atoms with Gasteiger partial charge in [0.25, 0.3) is 0 Å².